The summed E-state index contributed by atoms with van der Waals surface area (Å²) in [4.78, 5) is 27.4. The van der Waals surface area contributed by atoms with Crippen LogP contribution in [0.2, 0.25) is 0 Å². The highest BCUT2D eigenvalue weighted by Crippen LogP contribution is 2.32. The van der Waals surface area contributed by atoms with Gasteiger partial charge in [0.1, 0.15) is 17.4 Å². The van der Waals surface area contributed by atoms with Crippen LogP contribution in [0.1, 0.15) is 48.3 Å². The van der Waals surface area contributed by atoms with Crippen LogP contribution in [-0.4, -0.2) is 60.7 Å². The number of aromatic nitrogens is 2. The summed E-state index contributed by atoms with van der Waals surface area (Å²) in [6, 6.07) is 8.09. The van der Waals surface area contributed by atoms with Crippen LogP contribution in [0.25, 0.3) is 0 Å². The molecule has 1 aromatic heterocycles. The smallest absolute Gasteiger partial charge is 0.225 e. The lowest BCUT2D eigenvalue weighted by molar-refractivity contribution is -0.136. The zero-order valence-corrected chi connectivity index (χ0v) is 18.9. The molecule has 1 aliphatic carbocycles. The molecule has 1 amide bonds. The number of amides is 1. The van der Waals surface area contributed by atoms with Crippen LogP contribution >= 0.6 is 0 Å². The van der Waals surface area contributed by atoms with E-state index in [9.17, 15) is 4.79 Å². The fourth-order valence-corrected chi connectivity index (χ4v) is 5.11. The minimum atomic E-state index is 0.207. The summed E-state index contributed by atoms with van der Waals surface area (Å²) in [5, 5.41) is 0. The zero-order chi connectivity index (χ0) is 21.9. The summed E-state index contributed by atoms with van der Waals surface area (Å²) in [7, 11) is 1.68. The van der Waals surface area contributed by atoms with Crippen molar-refractivity contribution >= 4 is 11.7 Å². The highest BCUT2D eigenvalue weighted by Gasteiger charge is 2.32. The van der Waals surface area contributed by atoms with Crippen molar-refractivity contribution < 1.29 is 14.3 Å². The fourth-order valence-electron chi connectivity index (χ4n) is 5.11. The Bertz CT molecular complexity index is 950. The molecule has 0 radical (unpaired) electrons. The Morgan fingerprint density at radius 3 is 2.56 bits per heavy atom. The van der Waals surface area contributed by atoms with E-state index in [1.165, 1.54) is 12.8 Å². The molecule has 2 aliphatic heterocycles. The van der Waals surface area contributed by atoms with Gasteiger partial charge in [-0.1, -0.05) is 25.0 Å². The van der Waals surface area contributed by atoms with Crippen molar-refractivity contribution in [3.8, 4) is 5.75 Å². The second-order valence-corrected chi connectivity index (χ2v) is 9.00. The van der Waals surface area contributed by atoms with Gasteiger partial charge in [-0.25, -0.2) is 9.97 Å². The number of carbonyl (C=O) groups is 1. The second-order valence-electron chi connectivity index (χ2n) is 9.00. The summed E-state index contributed by atoms with van der Waals surface area (Å²) in [6.45, 7) is 4.43. The Balaban J connectivity index is 1.43. The highest BCUT2D eigenvalue weighted by atomic mass is 16.5. The van der Waals surface area contributed by atoms with E-state index in [2.05, 4.69) is 21.9 Å². The van der Waals surface area contributed by atoms with E-state index in [1.807, 2.05) is 12.1 Å². The summed E-state index contributed by atoms with van der Waals surface area (Å²) in [6.07, 6.45) is 5.91. The van der Waals surface area contributed by atoms with Crippen molar-refractivity contribution in [2.24, 2.45) is 5.92 Å². The van der Waals surface area contributed by atoms with Gasteiger partial charge >= 0.3 is 0 Å². The van der Waals surface area contributed by atoms with Crippen LogP contribution in [-0.2, 0) is 28.9 Å². The van der Waals surface area contributed by atoms with E-state index < -0.39 is 0 Å². The number of benzene rings is 1. The number of fused-ring (bicyclic) bond motifs is 1. The number of ether oxygens (including phenoxy) is 2. The topological polar surface area (TPSA) is 67.8 Å². The molecule has 5 rings (SSSR count). The monoisotopic (exact) mass is 436 g/mol. The number of nitrogens with zero attached hydrogens (tertiary/aromatic N) is 4. The van der Waals surface area contributed by atoms with Crippen LogP contribution < -0.4 is 9.64 Å². The van der Waals surface area contributed by atoms with Gasteiger partial charge in [-0.05, 0) is 30.5 Å². The molecule has 7 nitrogen and oxygen atoms in total. The van der Waals surface area contributed by atoms with E-state index in [0.29, 0.717) is 32.1 Å². The molecule has 0 N–H and O–H groups in total. The number of methoxy groups -OCH3 is 1. The van der Waals surface area contributed by atoms with Crippen molar-refractivity contribution in [3.63, 3.8) is 0 Å². The van der Waals surface area contributed by atoms with Gasteiger partial charge in [0.05, 0.1) is 32.6 Å². The molecular weight excluding hydrogens is 404 g/mol. The van der Waals surface area contributed by atoms with Gasteiger partial charge in [0, 0.05) is 44.0 Å². The molecule has 32 heavy (non-hydrogen) atoms. The lowest BCUT2D eigenvalue weighted by Crippen LogP contribution is -2.42. The molecule has 3 aliphatic rings. The second kappa shape index (κ2) is 9.45. The molecule has 1 saturated heterocycles. The molecule has 0 bridgehead atoms. The predicted molar refractivity (Wildman–Crippen MR) is 122 cm³/mol. The quantitative estimate of drug-likeness (QED) is 0.718. The molecule has 0 unspecified atom stereocenters. The van der Waals surface area contributed by atoms with Crippen molar-refractivity contribution in [1.29, 1.82) is 0 Å². The van der Waals surface area contributed by atoms with Crippen molar-refractivity contribution in [2.75, 3.05) is 44.9 Å². The first kappa shape index (κ1) is 21.2. The Morgan fingerprint density at radius 1 is 1.09 bits per heavy atom. The minimum absolute atomic E-state index is 0.207. The van der Waals surface area contributed by atoms with Crippen LogP contribution in [0.5, 0.6) is 5.75 Å². The maximum absolute atomic E-state index is 13.1. The van der Waals surface area contributed by atoms with E-state index in [0.717, 1.165) is 73.1 Å². The number of rotatable bonds is 5. The lowest BCUT2D eigenvalue weighted by atomic mass is 10.0. The van der Waals surface area contributed by atoms with Gasteiger partial charge < -0.3 is 19.3 Å². The van der Waals surface area contributed by atoms with Crippen LogP contribution in [0.4, 0.5) is 5.82 Å². The van der Waals surface area contributed by atoms with Gasteiger partial charge in [0.2, 0.25) is 5.91 Å². The maximum Gasteiger partial charge on any atom is 0.225 e. The largest absolute Gasteiger partial charge is 0.497 e. The van der Waals surface area contributed by atoms with Gasteiger partial charge in [0.25, 0.3) is 0 Å². The molecule has 3 heterocycles. The zero-order valence-electron chi connectivity index (χ0n) is 18.9. The number of morpholine rings is 1. The van der Waals surface area contributed by atoms with Gasteiger partial charge in [-0.15, -0.1) is 0 Å². The summed E-state index contributed by atoms with van der Waals surface area (Å²) < 4.78 is 10.9. The summed E-state index contributed by atoms with van der Waals surface area (Å²) in [5.74, 6) is 3.21. The van der Waals surface area contributed by atoms with Gasteiger partial charge in [-0.3, -0.25) is 4.79 Å². The third-order valence-electron chi connectivity index (χ3n) is 6.93. The highest BCUT2D eigenvalue weighted by molar-refractivity contribution is 5.79. The molecule has 170 valence electrons. The van der Waals surface area contributed by atoms with E-state index in [-0.39, 0.29) is 5.92 Å². The van der Waals surface area contributed by atoms with E-state index in [4.69, 9.17) is 19.4 Å². The van der Waals surface area contributed by atoms with Crippen molar-refractivity contribution in [1.82, 2.24) is 14.9 Å². The standard InChI is InChI=1S/C25H32N4O3/c1-31-20-8-6-18(7-9-20)16-23-26-22-10-11-29(25(30)19-4-2-3-5-19)17-21(22)24(27-23)28-12-14-32-15-13-28/h6-9,19H,2-5,10-17H2,1H3. The Kier molecular flexibility index (Phi) is 6.26. The molecule has 2 fully saturated rings. The first-order valence-corrected chi connectivity index (χ1v) is 11.8. The molecule has 2 aromatic rings. The third-order valence-corrected chi connectivity index (χ3v) is 6.93. The number of hydrogen-bond donors (Lipinski definition) is 0. The molecule has 0 spiro atoms. The van der Waals surface area contributed by atoms with Gasteiger partial charge in [0.15, 0.2) is 0 Å². The number of anilines is 1. The average Bonchev–Trinajstić information content (AvgIpc) is 3.39. The number of hydrogen-bond acceptors (Lipinski definition) is 6. The maximum atomic E-state index is 13.1. The molecular formula is C25H32N4O3. The molecule has 0 atom stereocenters. The molecule has 7 heteroatoms. The summed E-state index contributed by atoms with van der Waals surface area (Å²) in [5.41, 5.74) is 3.39. The van der Waals surface area contributed by atoms with E-state index >= 15 is 0 Å². The Morgan fingerprint density at radius 2 is 1.84 bits per heavy atom. The fraction of sp³-hybridized carbons (Fsp3) is 0.560. The molecule has 1 saturated carbocycles. The van der Waals surface area contributed by atoms with Crippen molar-refractivity contribution in [2.45, 2.75) is 45.1 Å². The van der Waals surface area contributed by atoms with Crippen LogP contribution in [0.3, 0.4) is 0 Å². The van der Waals surface area contributed by atoms with E-state index in [1.54, 1.807) is 7.11 Å². The minimum Gasteiger partial charge on any atom is -0.497 e. The van der Waals surface area contributed by atoms with Crippen molar-refractivity contribution in [3.05, 3.63) is 46.9 Å². The lowest BCUT2D eigenvalue weighted by Gasteiger charge is -2.35. The van der Waals surface area contributed by atoms with Crippen LogP contribution in [0.15, 0.2) is 24.3 Å². The average molecular weight is 437 g/mol. The Labute approximate surface area is 189 Å². The third kappa shape index (κ3) is 4.44. The van der Waals surface area contributed by atoms with Crippen LogP contribution in [0, 0.1) is 5.92 Å². The Hall–Kier alpha value is -2.67. The SMILES string of the molecule is COc1ccc(Cc2nc3c(c(N4CCOCC4)n2)CN(C(=O)C2CCCC2)CC3)cc1. The summed E-state index contributed by atoms with van der Waals surface area (Å²) >= 11 is 0. The first-order chi connectivity index (χ1) is 15.7. The predicted octanol–water partition coefficient (Wildman–Crippen LogP) is 2.99. The normalized spacial score (nSPS) is 19.2. The van der Waals surface area contributed by atoms with Gasteiger partial charge in [-0.2, -0.15) is 0 Å². The number of carbonyl (C=O) groups excluding carboxylic acids is 1. The molecule has 1 aromatic carbocycles. The first-order valence-electron chi connectivity index (χ1n) is 11.8.